The van der Waals surface area contributed by atoms with Gasteiger partial charge in [0.1, 0.15) is 11.4 Å². The van der Waals surface area contributed by atoms with Crippen LogP contribution in [0.3, 0.4) is 0 Å². The molecule has 0 radical (unpaired) electrons. The van der Waals surface area contributed by atoms with Crippen molar-refractivity contribution in [1.29, 1.82) is 0 Å². The van der Waals surface area contributed by atoms with Crippen LogP contribution in [0.2, 0.25) is 0 Å². The monoisotopic (exact) mass is 340 g/mol. The molecular weight excluding hydrogens is 316 g/mol. The maximum absolute atomic E-state index is 11.7. The van der Waals surface area contributed by atoms with Crippen molar-refractivity contribution in [3.05, 3.63) is 52.1 Å². The van der Waals surface area contributed by atoms with Gasteiger partial charge in [0.15, 0.2) is 0 Å². The Kier molecular flexibility index (Phi) is 4.24. The van der Waals surface area contributed by atoms with Crippen molar-refractivity contribution in [3.8, 4) is 5.75 Å². The summed E-state index contributed by atoms with van der Waals surface area (Å²) < 4.78 is 5.59. The molecule has 3 aliphatic rings. The number of ether oxygens (including phenoxy) is 1. The number of nitrogens with zero attached hydrogens (tertiary/aromatic N) is 1. The molecule has 0 amide bonds. The first-order valence-corrected chi connectivity index (χ1v) is 9.22. The molecule has 1 aromatic carbocycles. The van der Waals surface area contributed by atoms with Crippen LogP contribution in [-0.2, 0) is 0 Å². The zero-order valence-corrected chi connectivity index (χ0v) is 14.5. The number of benzene rings is 1. The molecule has 132 valence electrons. The average Bonchev–Trinajstić information content (AvgIpc) is 3.11. The quantitative estimate of drug-likeness (QED) is 0.485. The largest absolute Gasteiger partial charge is 0.494 e. The maximum Gasteiger partial charge on any atom is 0.296 e. The Morgan fingerprint density at radius 2 is 2.16 bits per heavy atom. The van der Waals surface area contributed by atoms with Gasteiger partial charge in [-0.25, -0.2) is 0 Å². The van der Waals surface area contributed by atoms with Gasteiger partial charge in [0.05, 0.1) is 17.6 Å². The summed E-state index contributed by atoms with van der Waals surface area (Å²) in [6.45, 7) is 2.40. The lowest BCUT2D eigenvalue weighted by Gasteiger charge is -2.41. The second-order valence-electron chi connectivity index (χ2n) is 7.16. The average molecular weight is 340 g/mol. The van der Waals surface area contributed by atoms with E-state index < -0.39 is 0 Å². The van der Waals surface area contributed by atoms with Crippen LogP contribution in [0.5, 0.6) is 5.75 Å². The van der Waals surface area contributed by atoms with Gasteiger partial charge in [0.25, 0.3) is 5.69 Å². The molecule has 1 N–H and O–H groups in total. The van der Waals surface area contributed by atoms with Crippen LogP contribution >= 0.6 is 0 Å². The predicted molar refractivity (Wildman–Crippen MR) is 98.1 cm³/mol. The van der Waals surface area contributed by atoms with Crippen LogP contribution in [0.1, 0.15) is 44.1 Å². The van der Waals surface area contributed by atoms with Crippen molar-refractivity contribution in [3.63, 3.8) is 0 Å². The van der Waals surface area contributed by atoms with Gasteiger partial charge in [0.2, 0.25) is 0 Å². The van der Waals surface area contributed by atoms with Gasteiger partial charge >= 0.3 is 0 Å². The zero-order valence-electron chi connectivity index (χ0n) is 14.5. The Morgan fingerprint density at radius 1 is 1.28 bits per heavy atom. The van der Waals surface area contributed by atoms with E-state index in [4.69, 9.17) is 4.74 Å². The third-order valence-electron chi connectivity index (χ3n) is 5.79. The van der Waals surface area contributed by atoms with Crippen molar-refractivity contribution in [2.24, 2.45) is 11.8 Å². The third-order valence-corrected chi connectivity index (χ3v) is 5.79. The standard InChI is InChI=1S/C20H24N2O3/c1-2-25-14-11-17-15-9-6-10-16(15)19(13-7-4-3-5-8-13)21-20(17)18(12-14)22(23)24/h3-4,6,9,11-13,15-16,19,21H,2,5,7-8,10H2,1H3/t13-,15+,16+,19-/m1/s1. The van der Waals surface area contributed by atoms with Gasteiger partial charge in [-0.05, 0) is 56.1 Å². The molecule has 0 bridgehead atoms. The summed E-state index contributed by atoms with van der Waals surface area (Å²) in [7, 11) is 0. The first-order chi connectivity index (χ1) is 12.2. The highest BCUT2D eigenvalue weighted by atomic mass is 16.6. The summed E-state index contributed by atoms with van der Waals surface area (Å²) >= 11 is 0. The van der Waals surface area contributed by atoms with Crippen molar-refractivity contribution in [2.75, 3.05) is 11.9 Å². The van der Waals surface area contributed by atoms with E-state index in [0.717, 1.165) is 31.2 Å². The van der Waals surface area contributed by atoms with Gasteiger partial charge in [-0.1, -0.05) is 24.3 Å². The van der Waals surface area contributed by atoms with Crippen molar-refractivity contribution in [1.82, 2.24) is 0 Å². The number of rotatable bonds is 4. The summed E-state index contributed by atoms with van der Waals surface area (Å²) in [6, 6.07) is 3.84. The van der Waals surface area contributed by atoms with Gasteiger partial charge < -0.3 is 10.1 Å². The Hall–Kier alpha value is -2.30. The van der Waals surface area contributed by atoms with E-state index >= 15 is 0 Å². The van der Waals surface area contributed by atoms with E-state index in [2.05, 4.69) is 29.6 Å². The minimum Gasteiger partial charge on any atom is -0.494 e. The lowest BCUT2D eigenvalue weighted by atomic mass is 9.72. The summed E-state index contributed by atoms with van der Waals surface area (Å²) in [4.78, 5) is 11.4. The molecule has 0 unspecified atom stereocenters. The highest BCUT2D eigenvalue weighted by Crippen LogP contribution is 2.51. The Morgan fingerprint density at radius 3 is 2.88 bits per heavy atom. The number of allylic oxidation sites excluding steroid dienone is 4. The molecule has 1 aromatic rings. The van der Waals surface area contributed by atoms with Crippen molar-refractivity contribution < 1.29 is 9.66 Å². The number of anilines is 1. The molecule has 4 rings (SSSR count). The molecule has 1 heterocycles. The fourth-order valence-corrected chi connectivity index (χ4v) is 4.70. The second-order valence-corrected chi connectivity index (χ2v) is 7.16. The molecule has 2 aliphatic carbocycles. The van der Waals surface area contributed by atoms with Gasteiger partial charge in [0, 0.05) is 12.0 Å². The summed E-state index contributed by atoms with van der Waals surface area (Å²) in [6.07, 6.45) is 13.3. The molecule has 4 atom stereocenters. The molecule has 0 fully saturated rings. The van der Waals surface area contributed by atoms with Crippen LogP contribution in [0.15, 0.2) is 36.4 Å². The smallest absolute Gasteiger partial charge is 0.296 e. The molecule has 25 heavy (non-hydrogen) atoms. The maximum atomic E-state index is 11.7. The normalized spacial score (nSPS) is 29.6. The number of hydrogen-bond acceptors (Lipinski definition) is 4. The van der Waals surface area contributed by atoms with Crippen LogP contribution in [0.4, 0.5) is 11.4 Å². The Balaban J connectivity index is 1.78. The summed E-state index contributed by atoms with van der Waals surface area (Å²) in [5.41, 5.74) is 1.84. The molecular formula is C20H24N2O3. The minimum absolute atomic E-state index is 0.135. The topological polar surface area (TPSA) is 64.4 Å². The number of nitro benzene ring substituents is 1. The van der Waals surface area contributed by atoms with Crippen LogP contribution < -0.4 is 10.1 Å². The van der Waals surface area contributed by atoms with Gasteiger partial charge in [-0.2, -0.15) is 0 Å². The van der Waals surface area contributed by atoms with Crippen LogP contribution in [0.25, 0.3) is 0 Å². The SMILES string of the molecule is CCOc1cc2c(c([N+](=O)[O-])c1)N[C@H]([C@@H]1CC=CCC1)[C@H]1CC=C[C@H]21. The Labute approximate surface area is 147 Å². The summed E-state index contributed by atoms with van der Waals surface area (Å²) in [5.74, 6) is 1.84. The molecule has 0 aromatic heterocycles. The molecule has 0 saturated heterocycles. The Bertz CT molecular complexity index is 741. The number of nitro groups is 1. The van der Waals surface area contributed by atoms with E-state index in [1.807, 2.05) is 13.0 Å². The lowest BCUT2D eigenvalue weighted by molar-refractivity contribution is -0.384. The highest BCUT2D eigenvalue weighted by Gasteiger charge is 2.43. The number of hydrogen-bond donors (Lipinski definition) is 1. The second kappa shape index (κ2) is 6.54. The molecule has 5 heteroatoms. The fourth-order valence-electron chi connectivity index (χ4n) is 4.70. The first-order valence-electron chi connectivity index (χ1n) is 9.22. The highest BCUT2D eigenvalue weighted by molar-refractivity contribution is 5.72. The van der Waals surface area contributed by atoms with E-state index in [-0.39, 0.29) is 22.6 Å². The van der Waals surface area contributed by atoms with Gasteiger partial charge in [-0.3, -0.25) is 10.1 Å². The van der Waals surface area contributed by atoms with E-state index in [0.29, 0.717) is 29.9 Å². The lowest BCUT2D eigenvalue weighted by Crippen LogP contribution is -2.42. The summed E-state index contributed by atoms with van der Waals surface area (Å²) in [5, 5.41) is 15.3. The molecule has 1 aliphatic heterocycles. The van der Waals surface area contributed by atoms with Crippen LogP contribution in [-0.4, -0.2) is 17.6 Å². The molecule has 5 nitrogen and oxygen atoms in total. The first kappa shape index (κ1) is 16.2. The molecule has 0 spiro atoms. The van der Waals surface area contributed by atoms with Crippen molar-refractivity contribution in [2.45, 2.75) is 44.6 Å². The zero-order chi connectivity index (χ0) is 17.4. The fraction of sp³-hybridized carbons (Fsp3) is 0.500. The molecule has 0 saturated carbocycles. The number of nitrogens with one attached hydrogen (secondary N) is 1. The number of fused-ring (bicyclic) bond motifs is 3. The van der Waals surface area contributed by atoms with Crippen LogP contribution in [0, 0.1) is 22.0 Å². The van der Waals surface area contributed by atoms with Crippen molar-refractivity contribution >= 4 is 11.4 Å². The predicted octanol–water partition coefficient (Wildman–Crippen LogP) is 4.80. The van der Waals surface area contributed by atoms with E-state index in [9.17, 15) is 10.1 Å². The van der Waals surface area contributed by atoms with Gasteiger partial charge in [-0.15, -0.1) is 0 Å². The minimum atomic E-state index is -0.287. The third kappa shape index (κ3) is 2.81. The van der Waals surface area contributed by atoms with E-state index in [1.54, 1.807) is 6.07 Å². The van der Waals surface area contributed by atoms with E-state index in [1.165, 1.54) is 0 Å².